The molecule has 8 nitrogen and oxygen atoms in total. The van der Waals surface area contributed by atoms with E-state index in [0.717, 1.165) is 53.1 Å². The molecule has 1 aromatic carbocycles. The number of fused-ring (bicyclic) bond motifs is 1. The monoisotopic (exact) mass is 427 g/mol. The van der Waals surface area contributed by atoms with E-state index in [1.807, 2.05) is 59.1 Å². The van der Waals surface area contributed by atoms with Crippen molar-refractivity contribution in [1.29, 1.82) is 0 Å². The van der Waals surface area contributed by atoms with E-state index in [1.165, 1.54) is 0 Å². The summed E-state index contributed by atoms with van der Waals surface area (Å²) in [5.74, 6) is 1.08. The summed E-state index contributed by atoms with van der Waals surface area (Å²) in [6.07, 6.45) is 7.82. The quantitative estimate of drug-likeness (QED) is 0.485. The predicted molar refractivity (Wildman–Crippen MR) is 121 cm³/mol. The highest BCUT2D eigenvalue weighted by Crippen LogP contribution is 2.33. The number of rotatable bonds is 5. The van der Waals surface area contributed by atoms with E-state index < -0.39 is 0 Å². The van der Waals surface area contributed by atoms with Crippen molar-refractivity contribution in [3.8, 4) is 11.1 Å². The maximum Gasteiger partial charge on any atom is 0.224 e. The van der Waals surface area contributed by atoms with E-state index in [0.29, 0.717) is 19.5 Å². The van der Waals surface area contributed by atoms with Crippen LogP contribution in [0.25, 0.3) is 22.2 Å². The molecule has 3 aromatic heterocycles. The van der Waals surface area contributed by atoms with Crippen LogP contribution in [0.15, 0.2) is 55.0 Å². The van der Waals surface area contributed by atoms with E-state index >= 15 is 0 Å². The number of hydrogen-bond acceptors (Lipinski definition) is 6. The maximum atomic E-state index is 13.1. The lowest BCUT2D eigenvalue weighted by molar-refractivity contribution is -0.132. The van der Waals surface area contributed by atoms with E-state index in [1.54, 1.807) is 12.4 Å². The van der Waals surface area contributed by atoms with Gasteiger partial charge in [0.2, 0.25) is 5.91 Å². The van der Waals surface area contributed by atoms with Crippen molar-refractivity contribution in [3.63, 3.8) is 0 Å². The lowest BCUT2D eigenvalue weighted by atomic mass is 9.90. The number of aromatic nitrogens is 6. The molecule has 1 atom stereocenters. The average molecular weight is 428 g/mol. The van der Waals surface area contributed by atoms with Crippen LogP contribution >= 0.6 is 0 Å². The lowest BCUT2D eigenvalue weighted by Crippen LogP contribution is -2.39. The highest BCUT2D eigenvalue weighted by Gasteiger charge is 2.28. The molecule has 0 saturated carbocycles. The number of aryl methyl sites for hydroxylation is 2. The largest absolute Gasteiger partial charge is 0.342 e. The molecule has 4 aromatic rings. The van der Waals surface area contributed by atoms with Crippen molar-refractivity contribution in [1.82, 2.24) is 34.8 Å². The van der Waals surface area contributed by atoms with Gasteiger partial charge in [0.25, 0.3) is 0 Å². The third-order valence-corrected chi connectivity index (χ3v) is 6.05. The van der Waals surface area contributed by atoms with Gasteiger partial charge in [0.05, 0.1) is 17.8 Å². The minimum Gasteiger partial charge on any atom is -0.342 e. The Labute approximate surface area is 186 Å². The van der Waals surface area contributed by atoms with Crippen LogP contribution in [-0.4, -0.2) is 53.8 Å². The fourth-order valence-corrected chi connectivity index (χ4v) is 4.42. The maximum absolute atomic E-state index is 13.1. The van der Waals surface area contributed by atoms with Crippen LogP contribution in [-0.2, 0) is 11.3 Å². The molecule has 1 saturated heterocycles. The summed E-state index contributed by atoms with van der Waals surface area (Å²) in [6, 6.07) is 11.8. The Morgan fingerprint density at radius 2 is 2.00 bits per heavy atom. The Morgan fingerprint density at radius 1 is 1.16 bits per heavy atom. The molecule has 162 valence electrons. The van der Waals surface area contributed by atoms with Crippen LogP contribution in [0.1, 0.15) is 36.7 Å². The molecule has 1 aliphatic heterocycles. The van der Waals surface area contributed by atoms with Gasteiger partial charge in [-0.15, -0.1) is 5.10 Å². The second-order valence-corrected chi connectivity index (χ2v) is 8.18. The van der Waals surface area contributed by atoms with Gasteiger partial charge in [-0.25, -0.2) is 14.6 Å². The number of hydrogen-bond donors (Lipinski definition) is 0. The Balaban J connectivity index is 1.31. The third kappa shape index (κ3) is 4.08. The molecule has 5 rings (SSSR count). The average Bonchev–Trinajstić information content (AvgIpc) is 3.26. The molecule has 4 heterocycles. The lowest BCUT2D eigenvalue weighted by Gasteiger charge is -2.33. The molecule has 0 N–H and O–H groups in total. The van der Waals surface area contributed by atoms with Gasteiger partial charge >= 0.3 is 0 Å². The van der Waals surface area contributed by atoms with Crippen molar-refractivity contribution < 1.29 is 4.79 Å². The summed E-state index contributed by atoms with van der Waals surface area (Å²) in [5.41, 5.74) is 4.89. The summed E-state index contributed by atoms with van der Waals surface area (Å²) in [4.78, 5) is 28.4. The number of benzene rings is 1. The zero-order valence-electron chi connectivity index (χ0n) is 18.1. The van der Waals surface area contributed by atoms with Crippen LogP contribution in [0.3, 0.4) is 0 Å². The molecule has 1 fully saturated rings. The van der Waals surface area contributed by atoms with E-state index in [2.05, 4.69) is 20.3 Å². The van der Waals surface area contributed by atoms with E-state index in [9.17, 15) is 4.79 Å². The summed E-state index contributed by atoms with van der Waals surface area (Å²) in [6.45, 7) is 3.89. The van der Waals surface area contributed by atoms with Gasteiger partial charge in [-0.05, 0) is 49.6 Å². The van der Waals surface area contributed by atoms with Gasteiger partial charge in [-0.2, -0.15) is 0 Å². The number of para-hydroxylation sites is 1. The topological polar surface area (TPSA) is 89.7 Å². The number of carbonyl (C=O) groups excluding carboxylic acids is 1. The second kappa shape index (κ2) is 8.82. The minimum absolute atomic E-state index is 0.144. The van der Waals surface area contributed by atoms with Crippen molar-refractivity contribution in [2.75, 3.05) is 13.1 Å². The zero-order chi connectivity index (χ0) is 21.9. The predicted octanol–water partition coefficient (Wildman–Crippen LogP) is 3.39. The van der Waals surface area contributed by atoms with Gasteiger partial charge in [-0.1, -0.05) is 17.3 Å². The first-order chi connectivity index (χ1) is 15.7. The first-order valence-electron chi connectivity index (χ1n) is 11.0. The SMILES string of the molecule is Cc1ncc(-c2ccncc2)c([C@@H]2CCCN(C(=O)CCn3nnc4ccccc43)C2)n1. The van der Waals surface area contributed by atoms with Crippen LogP contribution in [0.2, 0.25) is 0 Å². The van der Waals surface area contributed by atoms with E-state index in [-0.39, 0.29) is 11.8 Å². The number of likely N-dealkylation sites (tertiary alicyclic amines) is 1. The fraction of sp³-hybridized carbons (Fsp3) is 0.333. The zero-order valence-corrected chi connectivity index (χ0v) is 18.1. The molecule has 0 unspecified atom stereocenters. The van der Waals surface area contributed by atoms with Crippen molar-refractivity contribution in [3.05, 3.63) is 66.5 Å². The molecule has 0 radical (unpaired) electrons. The molecule has 8 heteroatoms. The van der Waals surface area contributed by atoms with Gasteiger partial charge in [0, 0.05) is 49.6 Å². The van der Waals surface area contributed by atoms with Crippen LogP contribution < -0.4 is 0 Å². The third-order valence-electron chi connectivity index (χ3n) is 6.05. The molecule has 1 amide bonds. The van der Waals surface area contributed by atoms with Crippen LogP contribution in [0.5, 0.6) is 0 Å². The van der Waals surface area contributed by atoms with Crippen LogP contribution in [0.4, 0.5) is 0 Å². The molecule has 0 spiro atoms. The van der Waals surface area contributed by atoms with Crippen molar-refractivity contribution >= 4 is 16.9 Å². The molecule has 0 aliphatic carbocycles. The second-order valence-electron chi connectivity index (χ2n) is 8.18. The molecular weight excluding hydrogens is 402 g/mol. The number of carbonyl (C=O) groups is 1. The van der Waals surface area contributed by atoms with Gasteiger partial charge < -0.3 is 4.90 Å². The summed E-state index contributed by atoms with van der Waals surface area (Å²) < 4.78 is 1.81. The number of piperidine rings is 1. The minimum atomic E-state index is 0.144. The smallest absolute Gasteiger partial charge is 0.224 e. The van der Waals surface area contributed by atoms with Gasteiger partial charge in [-0.3, -0.25) is 9.78 Å². The summed E-state index contributed by atoms with van der Waals surface area (Å²) in [5, 5.41) is 8.38. The molecular formula is C24H25N7O. The Kier molecular flexibility index (Phi) is 5.58. The first kappa shape index (κ1) is 20.2. The van der Waals surface area contributed by atoms with Crippen molar-refractivity contribution in [2.24, 2.45) is 0 Å². The normalized spacial score (nSPS) is 16.4. The number of nitrogens with zero attached hydrogens (tertiary/aromatic N) is 7. The Morgan fingerprint density at radius 3 is 2.88 bits per heavy atom. The van der Waals surface area contributed by atoms with Gasteiger partial charge in [0.1, 0.15) is 11.3 Å². The Bertz CT molecular complexity index is 1240. The number of amides is 1. The molecule has 32 heavy (non-hydrogen) atoms. The molecule has 1 aliphatic rings. The van der Waals surface area contributed by atoms with Crippen molar-refractivity contribution in [2.45, 2.75) is 38.6 Å². The summed E-state index contributed by atoms with van der Waals surface area (Å²) >= 11 is 0. The fourth-order valence-electron chi connectivity index (χ4n) is 4.42. The Hall–Kier alpha value is -3.68. The standard InChI is InChI=1S/C24H25N7O/c1-17-26-15-20(18-8-11-25-12-9-18)24(27-17)19-5-4-13-30(16-19)23(32)10-14-31-22-7-3-2-6-21(22)28-29-31/h2-3,6-9,11-12,15,19H,4-5,10,13-14,16H2,1H3/t19-/m1/s1. The van der Waals surface area contributed by atoms with Crippen LogP contribution in [0, 0.1) is 6.92 Å². The van der Waals surface area contributed by atoms with Gasteiger partial charge in [0.15, 0.2) is 0 Å². The summed E-state index contributed by atoms with van der Waals surface area (Å²) in [7, 11) is 0. The molecule has 0 bridgehead atoms. The first-order valence-corrected chi connectivity index (χ1v) is 11.0. The van der Waals surface area contributed by atoms with E-state index in [4.69, 9.17) is 4.98 Å². The number of pyridine rings is 1. The highest BCUT2D eigenvalue weighted by atomic mass is 16.2. The highest BCUT2D eigenvalue weighted by molar-refractivity contribution is 5.77.